The van der Waals surface area contributed by atoms with Crippen molar-refractivity contribution in [1.29, 1.82) is 0 Å². The number of amides is 2. The van der Waals surface area contributed by atoms with Gasteiger partial charge in [-0.05, 0) is 60.9 Å². The van der Waals surface area contributed by atoms with Crippen molar-refractivity contribution in [2.45, 2.75) is 18.9 Å². The van der Waals surface area contributed by atoms with Gasteiger partial charge in [0.2, 0.25) is 0 Å². The monoisotopic (exact) mass is 342 g/mol. The Labute approximate surface area is 144 Å². The summed E-state index contributed by atoms with van der Waals surface area (Å²) < 4.78 is 10.6. The van der Waals surface area contributed by atoms with Gasteiger partial charge in [-0.15, -0.1) is 0 Å². The Morgan fingerprint density at radius 1 is 1.20 bits per heavy atom. The Bertz CT molecular complexity index is 789. The molecule has 2 amide bonds. The van der Waals surface area contributed by atoms with E-state index in [1.54, 1.807) is 49.0 Å². The maximum Gasteiger partial charge on any atom is 0.284 e. The zero-order valence-corrected chi connectivity index (χ0v) is 13.6. The van der Waals surface area contributed by atoms with Gasteiger partial charge in [-0.2, -0.15) is 0 Å². The minimum absolute atomic E-state index is 0.225. The molecule has 0 bridgehead atoms. The van der Waals surface area contributed by atoms with E-state index in [9.17, 15) is 9.59 Å². The summed E-state index contributed by atoms with van der Waals surface area (Å²) in [6.45, 7) is 0. The van der Waals surface area contributed by atoms with Crippen LogP contribution in [0.4, 0.5) is 5.69 Å². The van der Waals surface area contributed by atoms with E-state index in [4.69, 9.17) is 14.7 Å². The Morgan fingerprint density at radius 2 is 1.96 bits per heavy atom. The molecule has 0 spiro atoms. The van der Waals surface area contributed by atoms with Crippen molar-refractivity contribution in [3.63, 3.8) is 0 Å². The quantitative estimate of drug-likeness (QED) is 0.584. The van der Waals surface area contributed by atoms with Crippen molar-refractivity contribution < 1.29 is 24.3 Å². The van der Waals surface area contributed by atoms with Crippen LogP contribution in [0.25, 0.3) is 0 Å². The molecular formula is C18H18N2O5. The molecule has 7 heteroatoms. The first-order valence-corrected chi connectivity index (χ1v) is 7.79. The van der Waals surface area contributed by atoms with Crippen LogP contribution in [-0.2, 0) is 11.2 Å². The molecule has 0 saturated carbocycles. The normalized spacial score (nSPS) is 15.5. The highest BCUT2D eigenvalue weighted by Crippen LogP contribution is 2.30. The lowest BCUT2D eigenvalue weighted by Gasteiger charge is -2.24. The lowest BCUT2D eigenvalue weighted by atomic mass is 10.0. The maximum absolute atomic E-state index is 12.3. The van der Waals surface area contributed by atoms with Gasteiger partial charge in [0.1, 0.15) is 11.5 Å². The summed E-state index contributed by atoms with van der Waals surface area (Å²) in [5.74, 6) is 0.464. The molecule has 0 saturated heterocycles. The standard InChI is InChI=1S/C18H18N2O5/c1-24-14-6-2-11(3-7-14)17(21)19-13-5-9-15-12(10-13)4-8-16(25-15)18(22)20-23/h2-3,5-7,9-10,16,23H,4,8H2,1H3,(H,19,21)(H,20,22). The number of hydrogen-bond acceptors (Lipinski definition) is 5. The van der Waals surface area contributed by atoms with Crippen LogP contribution in [0.3, 0.4) is 0 Å². The van der Waals surface area contributed by atoms with Gasteiger partial charge in [0.15, 0.2) is 6.10 Å². The minimum Gasteiger partial charge on any atom is -0.497 e. The lowest BCUT2D eigenvalue weighted by molar-refractivity contribution is -0.137. The molecule has 1 unspecified atom stereocenters. The van der Waals surface area contributed by atoms with E-state index in [1.807, 2.05) is 6.07 Å². The zero-order chi connectivity index (χ0) is 17.8. The lowest BCUT2D eigenvalue weighted by Crippen LogP contribution is -2.38. The van der Waals surface area contributed by atoms with Crippen LogP contribution in [0.15, 0.2) is 42.5 Å². The molecule has 1 atom stereocenters. The average molecular weight is 342 g/mol. The molecule has 3 rings (SSSR count). The van der Waals surface area contributed by atoms with E-state index in [1.165, 1.54) is 0 Å². The fourth-order valence-electron chi connectivity index (χ4n) is 2.67. The number of ether oxygens (including phenoxy) is 2. The number of fused-ring (bicyclic) bond motifs is 1. The van der Waals surface area contributed by atoms with E-state index >= 15 is 0 Å². The second-order valence-electron chi connectivity index (χ2n) is 5.63. The molecule has 1 aliphatic heterocycles. The van der Waals surface area contributed by atoms with Crippen molar-refractivity contribution in [3.05, 3.63) is 53.6 Å². The van der Waals surface area contributed by atoms with Gasteiger partial charge in [-0.1, -0.05) is 0 Å². The topological polar surface area (TPSA) is 96.9 Å². The van der Waals surface area contributed by atoms with Crippen molar-refractivity contribution in [3.8, 4) is 11.5 Å². The highest BCUT2D eigenvalue weighted by Gasteiger charge is 2.26. The Balaban J connectivity index is 1.70. The molecular weight excluding hydrogens is 324 g/mol. The number of benzene rings is 2. The molecule has 0 radical (unpaired) electrons. The van der Waals surface area contributed by atoms with Gasteiger partial charge in [-0.25, -0.2) is 5.48 Å². The summed E-state index contributed by atoms with van der Waals surface area (Å²) in [7, 11) is 1.57. The molecule has 0 aromatic heterocycles. The highest BCUT2D eigenvalue weighted by atomic mass is 16.5. The van der Waals surface area contributed by atoms with Crippen LogP contribution in [0, 0.1) is 0 Å². The van der Waals surface area contributed by atoms with Gasteiger partial charge < -0.3 is 14.8 Å². The van der Waals surface area contributed by atoms with E-state index in [0.29, 0.717) is 35.6 Å². The second-order valence-corrected chi connectivity index (χ2v) is 5.63. The zero-order valence-electron chi connectivity index (χ0n) is 13.6. The maximum atomic E-state index is 12.3. The summed E-state index contributed by atoms with van der Waals surface area (Å²) in [6.07, 6.45) is 0.354. The molecule has 2 aromatic carbocycles. The van der Waals surface area contributed by atoms with Crippen LogP contribution < -0.4 is 20.3 Å². The number of carbonyl (C=O) groups is 2. The molecule has 1 heterocycles. The molecule has 130 valence electrons. The Morgan fingerprint density at radius 3 is 2.64 bits per heavy atom. The van der Waals surface area contributed by atoms with Gasteiger partial charge >= 0.3 is 0 Å². The van der Waals surface area contributed by atoms with Crippen molar-refractivity contribution in [1.82, 2.24) is 5.48 Å². The number of hydroxylamine groups is 1. The third kappa shape index (κ3) is 3.72. The molecule has 2 aromatic rings. The number of nitrogens with one attached hydrogen (secondary N) is 2. The first-order chi connectivity index (χ1) is 12.1. The van der Waals surface area contributed by atoms with Crippen LogP contribution in [0.2, 0.25) is 0 Å². The molecule has 1 aliphatic rings. The number of methoxy groups -OCH3 is 1. The number of rotatable bonds is 4. The highest BCUT2D eigenvalue weighted by molar-refractivity contribution is 6.04. The molecule has 25 heavy (non-hydrogen) atoms. The second kappa shape index (κ2) is 7.23. The van der Waals surface area contributed by atoms with Gasteiger partial charge in [0.25, 0.3) is 11.8 Å². The first kappa shape index (κ1) is 16.8. The van der Waals surface area contributed by atoms with Crippen LogP contribution in [0.5, 0.6) is 11.5 Å². The van der Waals surface area contributed by atoms with E-state index < -0.39 is 12.0 Å². The molecule has 0 aliphatic carbocycles. The summed E-state index contributed by atoms with van der Waals surface area (Å²) in [6, 6.07) is 12.1. The number of carbonyl (C=O) groups excluding carboxylic acids is 2. The van der Waals surface area contributed by atoms with Crippen molar-refractivity contribution in [2.75, 3.05) is 12.4 Å². The number of aryl methyl sites for hydroxylation is 1. The van der Waals surface area contributed by atoms with Crippen molar-refractivity contribution in [2.24, 2.45) is 0 Å². The summed E-state index contributed by atoms with van der Waals surface area (Å²) in [5.41, 5.74) is 3.67. The van der Waals surface area contributed by atoms with Gasteiger partial charge in [0, 0.05) is 11.3 Å². The predicted molar refractivity (Wildman–Crippen MR) is 90.1 cm³/mol. The van der Waals surface area contributed by atoms with Crippen LogP contribution in [0.1, 0.15) is 22.3 Å². The smallest absolute Gasteiger partial charge is 0.284 e. The Kier molecular flexibility index (Phi) is 4.85. The third-order valence-corrected chi connectivity index (χ3v) is 4.02. The largest absolute Gasteiger partial charge is 0.497 e. The van der Waals surface area contributed by atoms with E-state index in [0.717, 1.165) is 5.56 Å². The summed E-state index contributed by atoms with van der Waals surface area (Å²) in [4.78, 5) is 23.7. The average Bonchev–Trinajstić information content (AvgIpc) is 2.67. The van der Waals surface area contributed by atoms with Gasteiger partial charge in [0.05, 0.1) is 7.11 Å². The SMILES string of the molecule is COc1ccc(C(=O)Nc2ccc3c(c2)CCC(C(=O)NO)O3)cc1. The molecule has 0 fully saturated rings. The van der Waals surface area contributed by atoms with Crippen molar-refractivity contribution >= 4 is 17.5 Å². The minimum atomic E-state index is -0.711. The fourth-order valence-corrected chi connectivity index (χ4v) is 2.67. The van der Waals surface area contributed by atoms with Crippen LogP contribution >= 0.6 is 0 Å². The molecule has 3 N–H and O–H groups in total. The summed E-state index contributed by atoms with van der Waals surface area (Å²) in [5, 5.41) is 11.5. The first-order valence-electron chi connectivity index (χ1n) is 7.79. The van der Waals surface area contributed by atoms with Gasteiger partial charge in [-0.3, -0.25) is 14.8 Å². The Hall–Kier alpha value is -3.06. The van der Waals surface area contributed by atoms with E-state index in [2.05, 4.69) is 5.32 Å². The predicted octanol–water partition coefficient (Wildman–Crippen LogP) is 2.15. The molecule has 7 nitrogen and oxygen atoms in total. The summed E-state index contributed by atoms with van der Waals surface area (Å²) >= 11 is 0. The van der Waals surface area contributed by atoms with E-state index in [-0.39, 0.29) is 5.91 Å². The third-order valence-electron chi connectivity index (χ3n) is 4.02. The number of anilines is 1. The van der Waals surface area contributed by atoms with Crippen LogP contribution in [-0.4, -0.2) is 30.2 Å². The fraction of sp³-hybridized carbons (Fsp3) is 0.222. The number of hydrogen-bond donors (Lipinski definition) is 3.